The molecule has 234 valence electrons. The maximum Gasteiger partial charge on any atom is 0.308 e. The molecule has 0 unspecified atom stereocenters. The molecule has 2 aromatic carbocycles. The highest BCUT2D eigenvalue weighted by molar-refractivity contribution is 5.74. The number of ether oxygens (including phenoxy) is 2. The van der Waals surface area contributed by atoms with E-state index in [0.29, 0.717) is 23.4 Å². The first-order valence-corrected chi connectivity index (χ1v) is 13.8. The lowest BCUT2D eigenvalue weighted by Crippen LogP contribution is -2.35. The predicted molar refractivity (Wildman–Crippen MR) is 161 cm³/mol. The van der Waals surface area contributed by atoms with E-state index in [4.69, 9.17) is 31.2 Å². The number of aromatic amines is 1. The van der Waals surface area contributed by atoms with E-state index in [9.17, 15) is 9.90 Å². The van der Waals surface area contributed by atoms with E-state index < -0.39 is 5.88 Å². The lowest BCUT2D eigenvalue weighted by atomic mass is 10.0. The van der Waals surface area contributed by atoms with E-state index >= 15 is 0 Å². The van der Waals surface area contributed by atoms with Gasteiger partial charge in [-0.1, -0.05) is 59.6 Å². The average molecular weight is 617 g/mol. The van der Waals surface area contributed by atoms with Crippen LogP contribution in [-0.2, 0) is 29.5 Å². The molecule has 4 aromatic heterocycles. The smallest absolute Gasteiger partial charge is 0.308 e. The number of rotatable bonds is 11. The first-order valence-electron chi connectivity index (χ1n) is 13.8. The quantitative estimate of drug-likeness (QED) is 0.0935. The van der Waals surface area contributed by atoms with Crippen LogP contribution in [0, 0.1) is 0 Å². The molecule has 16 nitrogen and oxygen atoms in total. The molecule has 0 amide bonds. The first-order chi connectivity index (χ1) is 21.9. The zero-order valence-electron chi connectivity index (χ0n) is 24.1. The molecule has 7 N–H and O–H groups in total. The van der Waals surface area contributed by atoms with Gasteiger partial charge in [-0.25, -0.2) is 14.5 Å². The molecule has 45 heavy (non-hydrogen) atoms. The Morgan fingerprint density at radius 3 is 2.36 bits per heavy atom. The molecule has 0 saturated heterocycles. The summed E-state index contributed by atoms with van der Waals surface area (Å²) < 4.78 is 15.5. The van der Waals surface area contributed by atoms with Crippen LogP contribution in [0.2, 0.25) is 0 Å². The largest absolute Gasteiger partial charge is 0.856 e. The molecule has 0 spiro atoms. The summed E-state index contributed by atoms with van der Waals surface area (Å²) in [4.78, 5) is 29.6. The Morgan fingerprint density at radius 1 is 0.911 bits per heavy atom. The van der Waals surface area contributed by atoms with Gasteiger partial charge in [0.05, 0.1) is 39.3 Å². The summed E-state index contributed by atoms with van der Waals surface area (Å²) in [7, 11) is 0. The molecule has 0 radical (unpaired) electrons. The third-order valence-electron chi connectivity index (χ3n) is 6.53. The van der Waals surface area contributed by atoms with Crippen LogP contribution in [0.1, 0.15) is 5.56 Å². The van der Waals surface area contributed by atoms with Crippen LogP contribution in [0.5, 0.6) is 5.88 Å². The summed E-state index contributed by atoms with van der Waals surface area (Å²) in [5.74, 6) is -0.487. The summed E-state index contributed by atoms with van der Waals surface area (Å²) in [5, 5.41) is 29.9. The molecule has 0 aliphatic rings. The molecule has 4 heterocycles. The molecule has 16 heteroatoms. The number of aliphatic hydroxyl groups is 2. The van der Waals surface area contributed by atoms with Crippen LogP contribution in [0.4, 0.5) is 11.9 Å². The van der Waals surface area contributed by atoms with Gasteiger partial charge in [0, 0.05) is 5.88 Å². The van der Waals surface area contributed by atoms with Gasteiger partial charge in [-0.15, -0.1) is 0 Å². The zero-order valence-corrected chi connectivity index (χ0v) is 24.1. The fourth-order valence-electron chi connectivity index (χ4n) is 4.54. The summed E-state index contributed by atoms with van der Waals surface area (Å²) in [6.45, 7) is 1.02. The monoisotopic (exact) mass is 616 g/mol. The second-order valence-electron chi connectivity index (χ2n) is 9.69. The number of nitrogens with one attached hydrogen (secondary N) is 1. The summed E-state index contributed by atoms with van der Waals surface area (Å²) in [6, 6.07) is 18.3. The maximum atomic E-state index is 12.4. The van der Waals surface area contributed by atoms with Crippen molar-refractivity contribution in [2.45, 2.75) is 20.0 Å². The summed E-state index contributed by atoms with van der Waals surface area (Å²) in [5.41, 5.74) is 15.3. The van der Waals surface area contributed by atoms with Crippen molar-refractivity contribution in [3.63, 3.8) is 0 Å². The summed E-state index contributed by atoms with van der Waals surface area (Å²) in [6.07, 6.45) is 3.19. The van der Waals surface area contributed by atoms with Crippen molar-refractivity contribution < 1.29 is 29.4 Å². The molecule has 0 bridgehead atoms. The van der Waals surface area contributed by atoms with Crippen molar-refractivity contribution in [1.29, 1.82) is 0 Å². The number of anilines is 2. The highest BCUT2D eigenvalue weighted by Crippen LogP contribution is 2.22. The number of nitrogens with zero attached hydrogens (tertiary/aromatic N) is 7. The number of H-pyrrole nitrogens is 1. The van der Waals surface area contributed by atoms with E-state index in [0.717, 1.165) is 16.7 Å². The third-order valence-corrected chi connectivity index (χ3v) is 6.53. The minimum Gasteiger partial charge on any atom is -0.856 e. The SMILES string of the molecule is Nc1nc([O-])c2c(n1)[n+](COCCO)cn2Cc1ccc(-c2ccccc2)cc1.Nc1nc2c(ncn2COCCO)c(=O)[nH]1. The molecule has 0 saturated carbocycles. The van der Waals surface area contributed by atoms with Crippen molar-refractivity contribution in [2.75, 3.05) is 37.9 Å². The number of nitrogens with two attached hydrogens (primary N) is 2. The second-order valence-corrected chi connectivity index (χ2v) is 9.69. The number of imidazole rings is 2. The predicted octanol–water partition coefficient (Wildman–Crippen LogP) is -0.275. The maximum absolute atomic E-state index is 12.4. The van der Waals surface area contributed by atoms with Crippen molar-refractivity contribution in [3.05, 3.63) is 83.2 Å². The number of fused-ring (bicyclic) bond motifs is 2. The van der Waals surface area contributed by atoms with Crippen LogP contribution in [0.15, 0.2) is 72.0 Å². The number of hydrogen-bond donors (Lipinski definition) is 5. The highest BCUT2D eigenvalue weighted by atomic mass is 16.5. The lowest BCUT2D eigenvalue weighted by Gasteiger charge is -2.07. The Kier molecular flexibility index (Phi) is 9.90. The Hall–Kier alpha value is -5.42. The van der Waals surface area contributed by atoms with Gasteiger partial charge in [0.1, 0.15) is 6.73 Å². The van der Waals surface area contributed by atoms with Gasteiger partial charge in [0.2, 0.25) is 5.95 Å². The van der Waals surface area contributed by atoms with Gasteiger partial charge >= 0.3 is 5.65 Å². The Balaban J connectivity index is 0.000000211. The van der Waals surface area contributed by atoms with Crippen LogP contribution in [0.3, 0.4) is 0 Å². The van der Waals surface area contributed by atoms with Gasteiger partial charge in [-0.3, -0.25) is 18.9 Å². The fourth-order valence-corrected chi connectivity index (χ4v) is 4.54. The topological polar surface area (TPSA) is 232 Å². The molecular weight excluding hydrogens is 584 g/mol. The van der Waals surface area contributed by atoms with Gasteiger partial charge in [-0.05, 0) is 16.7 Å². The van der Waals surface area contributed by atoms with Crippen LogP contribution < -0.4 is 26.7 Å². The highest BCUT2D eigenvalue weighted by Gasteiger charge is 2.20. The number of aliphatic hydroxyl groups excluding tert-OH is 2. The molecule has 0 atom stereocenters. The summed E-state index contributed by atoms with van der Waals surface area (Å²) >= 11 is 0. The van der Waals surface area contributed by atoms with E-state index in [-0.39, 0.29) is 62.9 Å². The number of aromatic nitrogens is 8. The molecule has 0 aliphatic carbocycles. The molecule has 6 rings (SSSR count). The second kappa shape index (κ2) is 14.4. The normalized spacial score (nSPS) is 11.2. The lowest BCUT2D eigenvalue weighted by molar-refractivity contribution is -0.711. The number of benzene rings is 2. The van der Waals surface area contributed by atoms with Crippen molar-refractivity contribution in [1.82, 2.24) is 34.1 Å². The molecule has 0 aliphatic heterocycles. The van der Waals surface area contributed by atoms with Gasteiger partial charge in [0.25, 0.3) is 11.5 Å². The third kappa shape index (κ3) is 7.39. The van der Waals surface area contributed by atoms with Crippen molar-refractivity contribution in [2.24, 2.45) is 0 Å². The Morgan fingerprint density at radius 2 is 1.62 bits per heavy atom. The van der Waals surface area contributed by atoms with E-state index in [1.54, 1.807) is 15.5 Å². The first kappa shape index (κ1) is 31.0. The number of hydrogen-bond acceptors (Lipinski definition) is 12. The fraction of sp³-hybridized carbons (Fsp3) is 0.241. The van der Waals surface area contributed by atoms with Crippen LogP contribution in [0.25, 0.3) is 33.5 Å². The van der Waals surface area contributed by atoms with Gasteiger partial charge in [-0.2, -0.15) is 4.98 Å². The van der Waals surface area contributed by atoms with Gasteiger partial charge in [0.15, 0.2) is 29.7 Å². The minimum atomic E-state index is -0.436. The number of nitrogen functional groups attached to an aromatic ring is 2. The van der Waals surface area contributed by atoms with Crippen LogP contribution >= 0.6 is 0 Å². The minimum absolute atomic E-state index is 0.0291. The molecule has 0 fully saturated rings. The van der Waals surface area contributed by atoms with E-state index in [2.05, 4.69) is 49.2 Å². The Labute approximate surface area is 255 Å². The van der Waals surface area contributed by atoms with Crippen molar-refractivity contribution >= 4 is 34.2 Å². The molecule has 6 aromatic rings. The van der Waals surface area contributed by atoms with E-state index in [1.807, 2.05) is 30.3 Å². The van der Waals surface area contributed by atoms with Crippen LogP contribution in [-0.4, -0.2) is 70.7 Å². The van der Waals surface area contributed by atoms with Gasteiger partial charge < -0.3 is 36.3 Å². The Bertz CT molecular complexity index is 1920. The standard InChI is InChI=1S/C21H21N5O3.C8H11N5O3/c22-21-23-19-18(20(28)24-21)25(13-26(19)14-29-11-10-27)12-15-6-8-17(9-7-15)16-4-2-1-3-5-16;9-8-11-6-5(7(15)12-8)10-3-13(6)4-16-2-1-14/h1-9,13,27H,10-12,14H2,(H2-,22,23,24,28);3,14H,1-2,4H2,(H3,9,11,12,15). The average Bonchev–Trinajstić information content (AvgIpc) is 3.60. The molecular formula is C29H32N10O6. The van der Waals surface area contributed by atoms with E-state index in [1.165, 1.54) is 10.9 Å². The zero-order chi connectivity index (χ0) is 31.8. The van der Waals surface area contributed by atoms with Crippen molar-refractivity contribution in [3.8, 4) is 17.0 Å².